The Morgan fingerprint density at radius 1 is 1.06 bits per heavy atom. The Hall–Kier alpha value is -2.80. The van der Waals surface area contributed by atoms with E-state index in [9.17, 15) is 9.59 Å². The summed E-state index contributed by atoms with van der Waals surface area (Å²) in [5.41, 5.74) is 3.56. The van der Waals surface area contributed by atoms with Gasteiger partial charge in [-0.05, 0) is 62.1 Å². The van der Waals surface area contributed by atoms with Gasteiger partial charge in [0.15, 0.2) is 0 Å². The second kappa shape index (κ2) is 7.11. The molecule has 3 aliphatic carbocycles. The van der Waals surface area contributed by atoms with Gasteiger partial charge in [-0.1, -0.05) is 32.9 Å². The average Bonchev–Trinajstić information content (AvgIpc) is 3.47. The van der Waals surface area contributed by atoms with Crippen LogP contribution in [0.5, 0.6) is 0 Å². The van der Waals surface area contributed by atoms with Gasteiger partial charge in [0.1, 0.15) is 5.00 Å². The third-order valence-electron chi connectivity index (χ3n) is 8.96. The third kappa shape index (κ3) is 2.51. The first-order valence-electron chi connectivity index (χ1n) is 12.2. The van der Waals surface area contributed by atoms with Crippen molar-refractivity contribution in [3.8, 4) is 0 Å². The van der Waals surface area contributed by atoms with E-state index in [0.29, 0.717) is 23.6 Å². The van der Waals surface area contributed by atoms with Crippen LogP contribution in [-0.4, -0.2) is 28.5 Å². The Morgan fingerprint density at radius 2 is 1.76 bits per heavy atom. The number of hydrogen-bond acceptors (Lipinski definition) is 6. The van der Waals surface area contributed by atoms with Crippen molar-refractivity contribution in [1.29, 1.82) is 0 Å². The SMILES string of the molecule is CCOC(=O)c1c(NC(=O)C23CCC(C)(c4nc5ccccc5nc42)C3(C)C)sc2c1CCC2. The molecule has 1 saturated carbocycles. The lowest BCUT2D eigenvalue weighted by molar-refractivity contribution is -0.125. The van der Waals surface area contributed by atoms with Gasteiger partial charge in [-0.25, -0.2) is 14.8 Å². The second-order valence-electron chi connectivity index (χ2n) is 10.5. The molecular formula is C27H29N3O3S. The largest absolute Gasteiger partial charge is 0.462 e. The number of nitrogens with one attached hydrogen (secondary N) is 1. The average molecular weight is 476 g/mol. The standard InChI is InChI=1S/C27H29N3O3S/c1-5-33-23(31)19-15-9-8-12-18(15)34-22(19)30-24(32)27-14-13-26(4,25(27,2)3)20-21(27)29-17-11-7-6-10-16(17)28-20/h6-7,10-11H,5,8-9,12-14H2,1-4H3,(H,30,32). The summed E-state index contributed by atoms with van der Waals surface area (Å²) in [7, 11) is 0. The van der Waals surface area contributed by atoms with E-state index in [1.165, 1.54) is 16.2 Å². The predicted molar refractivity (Wildman–Crippen MR) is 133 cm³/mol. The Kier molecular flexibility index (Phi) is 4.54. The summed E-state index contributed by atoms with van der Waals surface area (Å²) in [5.74, 6) is -0.433. The zero-order valence-corrected chi connectivity index (χ0v) is 20.9. The van der Waals surface area contributed by atoms with Crippen LogP contribution in [0, 0.1) is 5.41 Å². The Balaban J connectivity index is 1.48. The van der Waals surface area contributed by atoms with E-state index < -0.39 is 5.41 Å². The first-order chi connectivity index (χ1) is 16.2. The fourth-order valence-electron chi connectivity index (χ4n) is 6.67. The van der Waals surface area contributed by atoms with Crippen molar-refractivity contribution in [2.45, 2.75) is 70.6 Å². The van der Waals surface area contributed by atoms with Crippen LogP contribution in [0.25, 0.3) is 11.0 Å². The lowest BCUT2D eigenvalue weighted by Crippen LogP contribution is -2.48. The molecule has 2 heterocycles. The normalized spacial score (nSPS) is 25.9. The van der Waals surface area contributed by atoms with Crippen molar-refractivity contribution in [1.82, 2.24) is 9.97 Å². The first kappa shape index (κ1) is 21.7. The zero-order valence-electron chi connectivity index (χ0n) is 20.1. The van der Waals surface area contributed by atoms with Crippen LogP contribution in [0.3, 0.4) is 0 Å². The molecule has 1 amide bonds. The predicted octanol–water partition coefficient (Wildman–Crippen LogP) is 5.32. The molecule has 6 nitrogen and oxygen atoms in total. The molecular weight excluding hydrogens is 446 g/mol. The van der Waals surface area contributed by atoms with E-state index in [4.69, 9.17) is 14.7 Å². The fourth-order valence-corrected chi connectivity index (χ4v) is 7.94. The van der Waals surface area contributed by atoms with Crippen LogP contribution < -0.4 is 5.32 Å². The number of benzene rings is 1. The maximum Gasteiger partial charge on any atom is 0.341 e. The Morgan fingerprint density at radius 3 is 2.47 bits per heavy atom. The van der Waals surface area contributed by atoms with Gasteiger partial charge < -0.3 is 10.1 Å². The molecule has 1 N–H and O–H groups in total. The molecule has 0 aliphatic heterocycles. The number of hydrogen-bond donors (Lipinski definition) is 1. The third-order valence-corrected chi connectivity index (χ3v) is 10.2. The minimum atomic E-state index is -0.811. The topological polar surface area (TPSA) is 81.2 Å². The van der Waals surface area contributed by atoms with Crippen molar-refractivity contribution in [2.24, 2.45) is 5.41 Å². The summed E-state index contributed by atoms with van der Waals surface area (Å²) >= 11 is 1.53. The van der Waals surface area contributed by atoms with Crippen LogP contribution in [0.4, 0.5) is 5.00 Å². The highest BCUT2D eigenvalue weighted by molar-refractivity contribution is 7.17. The van der Waals surface area contributed by atoms with E-state index in [1.807, 2.05) is 31.2 Å². The minimum absolute atomic E-state index is 0.0879. The van der Waals surface area contributed by atoms with Gasteiger partial charge >= 0.3 is 5.97 Å². The molecule has 7 heteroatoms. The van der Waals surface area contributed by atoms with Gasteiger partial charge in [-0.15, -0.1) is 11.3 Å². The second-order valence-corrected chi connectivity index (χ2v) is 11.6. The van der Waals surface area contributed by atoms with Crippen LogP contribution in [0.15, 0.2) is 24.3 Å². The monoisotopic (exact) mass is 475 g/mol. The quantitative estimate of drug-likeness (QED) is 0.516. The van der Waals surface area contributed by atoms with Crippen molar-refractivity contribution >= 4 is 39.2 Å². The number of aryl methyl sites for hydroxylation is 1. The highest BCUT2D eigenvalue weighted by atomic mass is 32.1. The molecule has 2 aromatic heterocycles. The van der Waals surface area contributed by atoms with Gasteiger partial charge in [0.05, 0.1) is 40.0 Å². The number of nitrogens with zero attached hydrogens (tertiary/aromatic N) is 2. The van der Waals surface area contributed by atoms with Crippen molar-refractivity contribution < 1.29 is 14.3 Å². The fraction of sp³-hybridized carbons (Fsp3) is 0.481. The summed E-state index contributed by atoms with van der Waals surface area (Å²) in [4.78, 5) is 38.4. The number of rotatable bonds is 4. The number of thiophene rings is 1. The van der Waals surface area contributed by atoms with Crippen LogP contribution in [0.2, 0.25) is 0 Å². The summed E-state index contributed by atoms with van der Waals surface area (Å²) in [5, 5.41) is 3.83. The number of fused-ring (bicyclic) bond motifs is 7. The van der Waals surface area contributed by atoms with Gasteiger partial charge in [0.25, 0.3) is 0 Å². The molecule has 0 saturated heterocycles. The summed E-state index contributed by atoms with van der Waals surface area (Å²) in [6.07, 6.45) is 4.41. The van der Waals surface area contributed by atoms with Gasteiger partial charge in [-0.2, -0.15) is 0 Å². The Bertz CT molecular complexity index is 1380. The molecule has 2 unspecified atom stereocenters. The molecule has 0 spiro atoms. The zero-order chi connectivity index (χ0) is 23.9. The molecule has 2 atom stereocenters. The number of anilines is 1. The maximum atomic E-state index is 14.3. The van der Waals surface area contributed by atoms with E-state index in [0.717, 1.165) is 53.7 Å². The molecule has 2 bridgehead atoms. The number of ether oxygens (including phenoxy) is 1. The summed E-state index contributed by atoms with van der Waals surface area (Å²) < 4.78 is 5.37. The van der Waals surface area contributed by atoms with Crippen molar-refractivity contribution in [3.05, 3.63) is 51.7 Å². The number of amides is 1. The van der Waals surface area contributed by atoms with Crippen LogP contribution >= 0.6 is 11.3 Å². The Labute approximate surface area is 203 Å². The highest BCUT2D eigenvalue weighted by Crippen LogP contribution is 2.70. The van der Waals surface area contributed by atoms with Gasteiger partial charge in [0.2, 0.25) is 5.91 Å². The van der Waals surface area contributed by atoms with Gasteiger partial charge in [0, 0.05) is 10.3 Å². The van der Waals surface area contributed by atoms with Crippen LogP contribution in [0.1, 0.15) is 79.1 Å². The summed E-state index contributed by atoms with van der Waals surface area (Å²) in [6.45, 7) is 8.69. The molecule has 0 radical (unpaired) electrons. The molecule has 176 valence electrons. The lowest BCUT2D eigenvalue weighted by atomic mass is 9.63. The molecule has 3 aromatic rings. The molecule has 34 heavy (non-hydrogen) atoms. The van der Waals surface area contributed by atoms with Crippen molar-refractivity contribution in [3.63, 3.8) is 0 Å². The van der Waals surface area contributed by atoms with Crippen LogP contribution in [-0.2, 0) is 33.2 Å². The molecule has 6 rings (SSSR count). The highest BCUT2D eigenvalue weighted by Gasteiger charge is 2.73. The van der Waals surface area contributed by atoms with E-state index in [1.54, 1.807) is 0 Å². The molecule has 1 fully saturated rings. The maximum absolute atomic E-state index is 14.3. The van der Waals surface area contributed by atoms with E-state index in [-0.39, 0.29) is 22.7 Å². The van der Waals surface area contributed by atoms with E-state index >= 15 is 0 Å². The number of carbonyl (C=O) groups is 2. The van der Waals surface area contributed by atoms with Gasteiger partial charge in [-0.3, -0.25) is 4.79 Å². The lowest BCUT2D eigenvalue weighted by Gasteiger charge is -2.39. The number of esters is 1. The molecule has 1 aromatic carbocycles. The first-order valence-corrected chi connectivity index (χ1v) is 13.0. The number of carbonyl (C=O) groups excluding carboxylic acids is 2. The minimum Gasteiger partial charge on any atom is -0.462 e. The number of para-hydroxylation sites is 2. The summed E-state index contributed by atoms with van der Waals surface area (Å²) in [6, 6.07) is 7.86. The molecule has 3 aliphatic rings. The van der Waals surface area contributed by atoms with Crippen molar-refractivity contribution in [2.75, 3.05) is 11.9 Å². The number of aromatic nitrogens is 2. The van der Waals surface area contributed by atoms with E-state index in [2.05, 4.69) is 26.1 Å². The smallest absolute Gasteiger partial charge is 0.341 e.